The van der Waals surface area contributed by atoms with Crippen LogP contribution in [0.1, 0.15) is 29.8 Å². The van der Waals surface area contributed by atoms with Gasteiger partial charge in [0.1, 0.15) is 11.3 Å². The monoisotopic (exact) mass is 378 g/mol. The molecule has 1 amide bonds. The van der Waals surface area contributed by atoms with Crippen molar-refractivity contribution in [3.63, 3.8) is 0 Å². The van der Waals surface area contributed by atoms with E-state index in [2.05, 4.69) is 15.4 Å². The standard InChI is InChI=1S/C21H22N4O3/c1-3-23-20(26)15(2)28-21(27)18-14-25(13-16-8-5-4-6-9-16)24-19(18)17-10-7-11-22-12-17/h4-12,14-15H,3,13H2,1-2H3,(H,23,26)/t15-/m0/s1. The van der Waals surface area contributed by atoms with E-state index in [1.165, 1.54) is 0 Å². The van der Waals surface area contributed by atoms with Gasteiger partial charge >= 0.3 is 5.97 Å². The Morgan fingerprint density at radius 3 is 2.64 bits per heavy atom. The number of aromatic nitrogens is 3. The minimum absolute atomic E-state index is 0.292. The summed E-state index contributed by atoms with van der Waals surface area (Å²) in [6.07, 6.45) is 4.03. The van der Waals surface area contributed by atoms with Gasteiger partial charge in [-0.25, -0.2) is 4.79 Å². The molecule has 1 aromatic carbocycles. The summed E-state index contributed by atoms with van der Waals surface area (Å²) in [4.78, 5) is 28.7. The van der Waals surface area contributed by atoms with Gasteiger partial charge in [0.05, 0.1) is 6.54 Å². The molecule has 1 N–H and O–H groups in total. The number of rotatable bonds is 7. The molecule has 0 aliphatic heterocycles. The van der Waals surface area contributed by atoms with Crippen molar-refractivity contribution < 1.29 is 14.3 Å². The minimum atomic E-state index is -0.897. The Balaban J connectivity index is 1.89. The van der Waals surface area contributed by atoms with Crippen LogP contribution in [-0.2, 0) is 16.1 Å². The number of nitrogens with zero attached hydrogens (tertiary/aromatic N) is 3. The van der Waals surface area contributed by atoms with Crippen molar-refractivity contribution in [3.05, 3.63) is 72.2 Å². The van der Waals surface area contributed by atoms with Gasteiger partial charge in [0.25, 0.3) is 5.91 Å². The number of carbonyl (C=O) groups excluding carboxylic acids is 2. The quantitative estimate of drug-likeness (QED) is 0.639. The van der Waals surface area contributed by atoms with Crippen LogP contribution < -0.4 is 5.32 Å². The van der Waals surface area contributed by atoms with Crippen LogP contribution in [0.2, 0.25) is 0 Å². The first-order valence-electron chi connectivity index (χ1n) is 9.09. The van der Waals surface area contributed by atoms with Gasteiger partial charge in [0, 0.05) is 30.7 Å². The summed E-state index contributed by atoms with van der Waals surface area (Å²) >= 11 is 0. The van der Waals surface area contributed by atoms with Crippen LogP contribution in [0.25, 0.3) is 11.3 Å². The molecule has 2 heterocycles. The van der Waals surface area contributed by atoms with E-state index in [-0.39, 0.29) is 5.91 Å². The third-order valence-electron chi connectivity index (χ3n) is 4.11. The molecule has 7 nitrogen and oxygen atoms in total. The van der Waals surface area contributed by atoms with Crippen molar-refractivity contribution in [2.45, 2.75) is 26.5 Å². The Morgan fingerprint density at radius 2 is 1.96 bits per heavy atom. The van der Waals surface area contributed by atoms with Crippen LogP contribution in [0.3, 0.4) is 0 Å². The highest BCUT2D eigenvalue weighted by molar-refractivity contribution is 5.97. The van der Waals surface area contributed by atoms with Crippen LogP contribution in [0.4, 0.5) is 0 Å². The summed E-state index contributed by atoms with van der Waals surface area (Å²) in [7, 11) is 0. The van der Waals surface area contributed by atoms with E-state index in [1.54, 1.807) is 43.2 Å². The normalized spacial score (nSPS) is 11.6. The Hall–Kier alpha value is -3.48. The molecular weight excluding hydrogens is 356 g/mol. The summed E-state index contributed by atoms with van der Waals surface area (Å²) < 4.78 is 7.04. The molecule has 0 saturated carbocycles. The second-order valence-electron chi connectivity index (χ2n) is 6.26. The molecule has 0 radical (unpaired) electrons. The summed E-state index contributed by atoms with van der Waals surface area (Å²) in [6.45, 7) is 4.32. The van der Waals surface area contributed by atoms with E-state index in [0.717, 1.165) is 5.56 Å². The number of esters is 1. The second kappa shape index (κ2) is 8.94. The fourth-order valence-electron chi connectivity index (χ4n) is 2.73. The average molecular weight is 378 g/mol. The van der Waals surface area contributed by atoms with Gasteiger partial charge in [-0.1, -0.05) is 30.3 Å². The largest absolute Gasteiger partial charge is 0.449 e. The Labute approximate surface area is 163 Å². The number of amides is 1. The van der Waals surface area contributed by atoms with Crippen molar-refractivity contribution in [2.24, 2.45) is 0 Å². The van der Waals surface area contributed by atoms with E-state index in [4.69, 9.17) is 4.74 Å². The SMILES string of the molecule is CCNC(=O)[C@H](C)OC(=O)c1cn(Cc2ccccc2)nc1-c1cccnc1. The molecule has 0 spiro atoms. The van der Waals surface area contributed by atoms with Crippen LogP contribution in [0.5, 0.6) is 0 Å². The topological polar surface area (TPSA) is 86.1 Å². The zero-order valence-corrected chi connectivity index (χ0v) is 15.8. The maximum absolute atomic E-state index is 12.7. The summed E-state index contributed by atoms with van der Waals surface area (Å²) in [5.41, 5.74) is 2.52. The molecule has 0 aliphatic carbocycles. The molecule has 0 fully saturated rings. The molecule has 7 heteroatoms. The van der Waals surface area contributed by atoms with E-state index in [0.29, 0.717) is 29.9 Å². The third-order valence-corrected chi connectivity index (χ3v) is 4.11. The Bertz CT molecular complexity index is 939. The second-order valence-corrected chi connectivity index (χ2v) is 6.26. The zero-order chi connectivity index (χ0) is 19.9. The summed E-state index contributed by atoms with van der Waals surface area (Å²) in [5, 5.41) is 7.20. The number of hydrogen-bond acceptors (Lipinski definition) is 5. The van der Waals surface area contributed by atoms with Gasteiger partial charge in [0.15, 0.2) is 6.10 Å². The number of nitrogens with one attached hydrogen (secondary N) is 1. The average Bonchev–Trinajstić information content (AvgIpc) is 3.13. The molecule has 2 aromatic heterocycles. The Kier molecular flexibility index (Phi) is 6.16. The highest BCUT2D eigenvalue weighted by Crippen LogP contribution is 2.23. The zero-order valence-electron chi connectivity index (χ0n) is 15.8. The fourth-order valence-corrected chi connectivity index (χ4v) is 2.73. The van der Waals surface area contributed by atoms with E-state index < -0.39 is 12.1 Å². The van der Waals surface area contributed by atoms with Gasteiger partial charge in [-0.3, -0.25) is 14.5 Å². The predicted octanol–water partition coefficient (Wildman–Crippen LogP) is 2.67. The molecule has 144 valence electrons. The van der Waals surface area contributed by atoms with Crippen molar-refractivity contribution in [1.82, 2.24) is 20.1 Å². The highest BCUT2D eigenvalue weighted by atomic mass is 16.5. The van der Waals surface area contributed by atoms with Crippen LogP contribution in [-0.4, -0.2) is 39.3 Å². The van der Waals surface area contributed by atoms with Crippen LogP contribution in [0, 0.1) is 0 Å². The first-order chi connectivity index (χ1) is 13.6. The fraction of sp³-hybridized carbons (Fsp3) is 0.238. The number of benzene rings is 1. The number of pyridine rings is 1. The molecule has 3 rings (SSSR count). The predicted molar refractivity (Wildman–Crippen MR) is 105 cm³/mol. The lowest BCUT2D eigenvalue weighted by molar-refractivity contribution is -0.128. The molecular formula is C21H22N4O3. The first-order valence-corrected chi connectivity index (χ1v) is 9.09. The first kappa shape index (κ1) is 19.3. The molecule has 3 aromatic rings. The summed E-state index contributed by atoms with van der Waals surface area (Å²) in [5.74, 6) is -0.938. The maximum atomic E-state index is 12.7. The lowest BCUT2D eigenvalue weighted by Crippen LogP contribution is -2.35. The van der Waals surface area contributed by atoms with Crippen molar-refractivity contribution in [3.8, 4) is 11.3 Å². The number of ether oxygens (including phenoxy) is 1. The number of likely N-dealkylation sites (N-methyl/N-ethyl adjacent to an activating group) is 1. The number of carbonyl (C=O) groups is 2. The van der Waals surface area contributed by atoms with Crippen molar-refractivity contribution >= 4 is 11.9 Å². The Morgan fingerprint density at radius 1 is 1.18 bits per heavy atom. The van der Waals surface area contributed by atoms with Gasteiger partial charge in [0.2, 0.25) is 0 Å². The van der Waals surface area contributed by atoms with E-state index in [1.807, 2.05) is 36.4 Å². The van der Waals surface area contributed by atoms with Crippen LogP contribution >= 0.6 is 0 Å². The van der Waals surface area contributed by atoms with E-state index in [9.17, 15) is 9.59 Å². The van der Waals surface area contributed by atoms with E-state index >= 15 is 0 Å². The molecule has 0 unspecified atom stereocenters. The maximum Gasteiger partial charge on any atom is 0.342 e. The molecule has 0 saturated heterocycles. The van der Waals surface area contributed by atoms with Gasteiger partial charge in [-0.2, -0.15) is 5.10 Å². The lowest BCUT2D eigenvalue weighted by Gasteiger charge is -2.12. The number of hydrogen-bond donors (Lipinski definition) is 1. The molecule has 0 aliphatic rings. The lowest BCUT2D eigenvalue weighted by atomic mass is 10.1. The smallest absolute Gasteiger partial charge is 0.342 e. The third kappa shape index (κ3) is 4.62. The molecule has 0 bridgehead atoms. The molecule has 1 atom stereocenters. The highest BCUT2D eigenvalue weighted by Gasteiger charge is 2.24. The van der Waals surface area contributed by atoms with Gasteiger partial charge in [-0.05, 0) is 31.5 Å². The van der Waals surface area contributed by atoms with Crippen LogP contribution in [0.15, 0.2) is 61.1 Å². The van der Waals surface area contributed by atoms with Crippen molar-refractivity contribution in [1.29, 1.82) is 0 Å². The minimum Gasteiger partial charge on any atom is -0.449 e. The summed E-state index contributed by atoms with van der Waals surface area (Å²) in [6, 6.07) is 13.4. The van der Waals surface area contributed by atoms with Crippen molar-refractivity contribution in [2.75, 3.05) is 6.54 Å². The van der Waals surface area contributed by atoms with Gasteiger partial charge < -0.3 is 10.1 Å². The van der Waals surface area contributed by atoms with Gasteiger partial charge in [-0.15, -0.1) is 0 Å². The molecule has 28 heavy (non-hydrogen) atoms.